The minimum Gasteiger partial charge on any atom is -0.352 e. The second-order valence-corrected chi connectivity index (χ2v) is 4.42. The Labute approximate surface area is 96.0 Å². The van der Waals surface area contributed by atoms with Gasteiger partial charge in [0, 0.05) is 24.1 Å². The fourth-order valence-corrected chi connectivity index (χ4v) is 2.01. The molecule has 1 amide bonds. The van der Waals surface area contributed by atoms with E-state index in [0.29, 0.717) is 13.1 Å². The normalized spacial score (nSPS) is 16.9. The Kier molecular flexibility index (Phi) is 2.97. The lowest BCUT2D eigenvalue weighted by atomic mass is 9.94. The Bertz CT molecular complexity index is 397. The Balaban J connectivity index is 2.23. The van der Waals surface area contributed by atoms with Crippen molar-refractivity contribution in [2.45, 2.75) is 25.2 Å². The number of nitrogens with two attached hydrogens (primary N) is 1. The summed E-state index contributed by atoms with van der Waals surface area (Å²) >= 11 is 0. The number of carbonyl (C=O) groups excluding carboxylic acids is 1. The summed E-state index contributed by atoms with van der Waals surface area (Å²) in [7, 11) is 0. The van der Waals surface area contributed by atoms with E-state index >= 15 is 0 Å². The Morgan fingerprint density at radius 2 is 2.25 bits per heavy atom. The van der Waals surface area contributed by atoms with Gasteiger partial charge in [-0.05, 0) is 37.5 Å². The molecule has 0 unspecified atom stereocenters. The number of benzene rings is 1. The van der Waals surface area contributed by atoms with E-state index in [2.05, 4.69) is 11.4 Å². The zero-order chi connectivity index (χ0) is 11.6. The molecule has 1 aliphatic carbocycles. The molecule has 0 saturated heterocycles. The zero-order valence-electron chi connectivity index (χ0n) is 9.62. The molecule has 1 aromatic carbocycles. The van der Waals surface area contributed by atoms with Gasteiger partial charge < -0.3 is 11.1 Å². The molecular formula is C13H18N2O. The molecule has 0 bridgehead atoms. The monoisotopic (exact) mass is 218 g/mol. The Morgan fingerprint density at radius 1 is 1.50 bits per heavy atom. The Morgan fingerprint density at radius 3 is 2.81 bits per heavy atom. The minimum atomic E-state index is -0.00262. The van der Waals surface area contributed by atoms with Crippen LogP contribution >= 0.6 is 0 Å². The number of rotatable bonds is 4. The van der Waals surface area contributed by atoms with E-state index < -0.39 is 0 Å². The summed E-state index contributed by atoms with van der Waals surface area (Å²) in [4.78, 5) is 11.7. The molecule has 1 aromatic rings. The standard InChI is InChI=1S/C13H18N2O/c1-2-15-12(16)10-4-3-5-11(8-10)13(9-14)6-7-13/h3-5,8H,2,6-7,9,14H2,1H3,(H,15,16). The molecule has 3 nitrogen and oxygen atoms in total. The fourth-order valence-electron chi connectivity index (χ4n) is 2.01. The van der Waals surface area contributed by atoms with Gasteiger partial charge in [0.2, 0.25) is 0 Å². The van der Waals surface area contributed by atoms with Crippen LogP contribution in [0.1, 0.15) is 35.7 Å². The van der Waals surface area contributed by atoms with Gasteiger partial charge in [-0.15, -0.1) is 0 Å². The molecule has 3 N–H and O–H groups in total. The highest BCUT2D eigenvalue weighted by molar-refractivity contribution is 5.94. The molecule has 86 valence electrons. The number of amides is 1. The van der Waals surface area contributed by atoms with Crippen LogP contribution in [0.2, 0.25) is 0 Å². The maximum atomic E-state index is 11.7. The van der Waals surface area contributed by atoms with E-state index in [1.54, 1.807) is 0 Å². The lowest BCUT2D eigenvalue weighted by molar-refractivity contribution is 0.0955. The van der Waals surface area contributed by atoms with Crippen molar-refractivity contribution in [2.75, 3.05) is 13.1 Å². The molecule has 1 fully saturated rings. The largest absolute Gasteiger partial charge is 0.352 e. The summed E-state index contributed by atoms with van der Waals surface area (Å²) in [5.74, 6) is -0.00262. The first-order valence-corrected chi connectivity index (χ1v) is 5.81. The average Bonchev–Trinajstić information content (AvgIpc) is 3.10. The van der Waals surface area contributed by atoms with Crippen LogP contribution in [0.3, 0.4) is 0 Å². The van der Waals surface area contributed by atoms with Gasteiger partial charge in [-0.3, -0.25) is 4.79 Å². The quantitative estimate of drug-likeness (QED) is 0.803. The third kappa shape index (κ3) is 1.95. The fraction of sp³-hybridized carbons (Fsp3) is 0.462. The minimum absolute atomic E-state index is 0.00262. The van der Waals surface area contributed by atoms with E-state index in [9.17, 15) is 4.79 Å². The third-order valence-corrected chi connectivity index (χ3v) is 3.32. The van der Waals surface area contributed by atoms with Crippen LogP contribution in [0.15, 0.2) is 24.3 Å². The summed E-state index contributed by atoms with van der Waals surface area (Å²) in [5, 5.41) is 2.81. The second kappa shape index (κ2) is 4.26. The molecule has 0 radical (unpaired) electrons. The van der Waals surface area contributed by atoms with Gasteiger partial charge in [0.25, 0.3) is 5.91 Å². The highest BCUT2D eigenvalue weighted by Crippen LogP contribution is 2.47. The predicted molar refractivity (Wildman–Crippen MR) is 64.4 cm³/mol. The van der Waals surface area contributed by atoms with Crippen molar-refractivity contribution in [3.05, 3.63) is 35.4 Å². The van der Waals surface area contributed by atoms with Crippen molar-refractivity contribution in [2.24, 2.45) is 5.73 Å². The van der Waals surface area contributed by atoms with Gasteiger partial charge in [-0.25, -0.2) is 0 Å². The summed E-state index contributed by atoms with van der Waals surface area (Å²) in [6.45, 7) is 3.25. The second-order valence-electron chi connectivity index (χ2n) is 4.42. The first-order chi connectivity index (χ1) is 7.72. The summed E-state index contributed by atoms with van der Waals surface area (Å²) in [6, 6.07) is 7.84. The van der Waals surface area contributed by atoms with Crippen molar-refractivity contribution in [3.8, 4) is 0 Å². The average molecular weight is 218 g/mol. The van der Waals surface area contributed by atoms with Crippen molar-refractivity contribution in [3.63, 3.8) is 0 Å². The van der Waals surface area contributed by atoms with E-state index in [-0.39, 0.29) is 11.3 Å². The summed E-state index contributed by atoms with van der Waals surface area (Å²) < 4.78 is 0. The van der Waals surface area contributed by atoms with Crippen LogP contribution in [0.4, 0.5) is 0 Å². The molecular weight excluding hydrogens is 200 g/mol. The molecule has 16 heavy (non-hydrogen) atoms. The molecule has 0 spiro atoms. The lowest BCUT2D eigenvalue weighted by Gasteiger charge is -2.13. The van der Waals surface area contributed by atoms with E-state index in [1.165, 1.54) is 5.56 Å². The molecule has 0 aromatic heterocycles. The van der Waals surface area contributed by atoms with E-state index in [1.807, 2.05) is 25.1 Å². The molecule has 0 aliphatic heterocycles. The first-order valence-electron chi connectivity index (χ1n) is 5.81. The van der Waals surface area contributed by atoms with Crippen molar-refractivity contribution in [1.29, 1.82) is 0 Å². The Hall–Kier alpha value is -1.35. The van der Waals surface area contributed by atoms with Crippen molar-refractivity contribution < 1.29 is 4.79 Å². The molecule has 3 heteroatoms. The maximum absolute atomic E-state index is 11.7. The molecule has 1 aliphatic rings. The van der Waals surface area contributed by atoms with Crippen LogP contribution in [-0.4, -0.2) is 19.0 Å². The van der Waals surface area contributed by atoms with Crippen LogP contribution in [0.5, 0.6) is 0 Å². The molecule has 0 heterocycles. The third-order valence-electron chi connectivity index (χ3n) is 3.32. The van der Waals surface area contributed by atoms with Gasteiger partial charge in [-0.1, -0.05) is 12.1 Å². The topological polar surface area (TPSA) is 55.1 Å². The number of hydrogen-bond acceptors (Lipinski definition) is 2. The van der Waals surface area contributed by atoms with Gasteiger partial charge >= 0.3 is 0 Å². The SMILES string of the molecule is CCNC(=O)c1cccc(C2(CN)CC2)c1. The van der Waals surface area contributed by atoms with Crippen LogP contribution < -0.4 is 11.1 Å². The predicted octanol–water partition coefficient (Wildman–Crippen LogP) is 1.43. The van der Waals surface area contributed by atoms with Gasteiger partial charge in [0.05, 0.1) is 0 Å². The van der Waals surface area contributed by atoms with Gasteiger partial charge in [0.1, 0.15) is 0 Å². The highest BCUT2D eigenvalue weighted by atomic mass is 16.1. The van der Waals surface area contributed by atoms with Crippen molar-refractivity contribution in [1.82, 2.24) is 5.32 Å². The number of carbonyl (C=O) groups is 1. The first kappa shape index (κ1) is 11.1. The van der Waals surface area contributed by atoms with Crippen LogP contribution in [0.25, 0.3) is 0 Å². The number of nitrogens with one attached hydrogen (secondary N) is 1. The van der Waals surface area contributed by atoms with Gasteiger partial charge in [0.15, 0.2) is 0 Å². The maximum Gasteiger partial charge on any atom is 0.251 e. The lowest BCUT2D eigenvalue weighted by Crippen LogP contribution is -2.24. The van der Waals surface area contributed by atoms with E-state index in [4.69, 9.17) is 5.73 Å². The van der Waals surface area contributed by atoms with E-state index in [0.717, 1.165) is 18.4 Å². The number of hydrogen-bond donors (Lipinski definition) is 2. The zero-order valence-corrected chi connectivity index (χ0v) is 9.62. The van der Waals surface area contributed by atoms with Crippen LogP contribution in [-0.2, 0) is 5.41 Å². The van der Waals surface area contributed by atoms with Crippen molar-refractivity contribution >= 4 is 5.91 Å². The molecule has 0 atom stereocenters. The molecule has 2 rings (SSSR count). The van der Waals surface area contributed by atoms with Gasteiger partial charge in [-0.2, -0.15) is 0 Å². The smallest absolute Gasteiger partial charge is 0.251 e. The summed E-state index contributed by atoms with van der Waals surface area (Å²) in [5.41, 5.74) is 7.88. The summed E-state index contributed by atoms with van der Waals surface area (Å²) in [6.07, 6.45) is 2.28. The highest BCUT2D eigenvalue weighted by Gasteiger charge is 2.42. The van der Waals surface area contributed by atoms with Crippen LogP contribution in [0, 0.1) is 0 Å². The molecule has 1 saturated carbocycles.